The van der Waals surface area contributed by atoms with Gasteiger partial charge in [0.2, 0.25) is 5.91 Å². The number of benzene rings is 2. The number of carbonyl (C=O) groups is 1. The molecule has 4 aromatic rings. The maximum Gasteiger partial charge on any atom is 0.247 e. The lowest BCUT2D eigenvalue weighted by molar-refractivity contribution is -0.111. The number of sulfone groups is 1. The van der Waals surface area contributed by atoms with Gasteiger partial charge in [0, 0.05) is 43.0 Å². The van der Waals surface area contributed by atoms with Gasteiger partial charge in [0.15, 0.2) is 9.84 Å². The number of halogens is 1. The zero-order valence-corrected chi connectivity index (χ0v) is 24.2. The van der Waals surface area contributed by atoms with Crippen LogP contribution in [0.5, 0.6) is 11.5 Å². The molecule has 0 aliphatic carbocycles. The second kappa shape index (κ2) is 13.1. The molecule has 0 radical (unpaired) electrons. The third kappa shape index (κ3) is 7.52. The highest BCUT2D eigenvalue weighted by atomic mass is 35.5. The maximum absolute atomic E-state index is 12.2. The molecule has 11 nitrogen and oxygen atoms in total. The first-order chi connectivity index (χ1) is 20.3. The van der Waals surface area contributed by atoms with Gasteiger partial charge in [-0.2, -0.15) is 0 Å². The average molecular weight is 609 g/mol. The summed E-state index contributed by atoms with van der Waals surface area (Å²) in [6.07, 6.45) is 4.30. The summed E-state index contributed by atoms with van der Waals surface area (Å²) < 4.78 is 35.3. The fraction of sp³-hybridized carbons (Fsp3) is 0.241. The molecular weight excluding hydrogens is 580 g/mol. The number of hydrogen-bond donors (Lipinski definition) is 2. The minimum atomic E-state index is -2.96. The Labute approximate surface area is 248 Å². The molecule has 3 heterocycles. The van der Waals surface area contributed by atoms with E-state index in [1.807, 2.05) is 29.2 Å². The molecule has 1 fully saturated rings. The molecule has 1 aliphatic heterocycles. The molecule has 218 valence electrons. The third-order valence-corrected chi connectivity index (χ3v) is 8.48. The Balaban J connectivity index is 1.32. The minimum Gasteiger partial charge on any atom is -0.490 e. The van der Waals surface area contributed by atoms with Crippen molar-refractivity contribution in [2.45, 2.75) is 6.61 Å². The van der Waals surface area contributed by atoms with Crippen LogP contribution in [0.25, 0.3) is 10.9 Å². The van der Waals surface area contributed by atoms with Gasteiger partial charge in [-0.05, 0) is 42.5 Å². The smallest absolute Gasteiger partial charge is 0.247 e. The van der Waals surface area contributed by atoms with Crippen molar-refractivity contribution in [1.82, 2.24) is 19.9 Å². The summed E-state index contributed by atoms with van der Waals surface area (Å²) in [5.74, 6) is 1.31. The first kappa shape index (κ1) is 29.2. The SMILES string of the molecule is C=CC(=O)Nc1cc2c(Nc3ccc(OCc4ccccn4)c(Cl)c3)ncnc2cc1OCCN1CCS(=O)(=O)CC1. The summed E-state index contributed by atoms with van der Waals surface area (Å²) in [5.41, 5.74) is 2.46. The summed E-state index contributed by atoms with van der Waals surface area (Å²) in [5, 5.41) is 7.10. The predicted molar refractivity (Wildman–Crippen MR) is 162 cm³/mol. The lowest BCUT2D eigenvalue weighted by Gasteiger charge is -2.26. The van der Waals surface area contributed by atoms with Crippen molar-refractivity contribution in [2.75, 3.05) is 48.4 Å². The van der Waals surface area contributed by atoms with Gasteiger partial charge in [-0.25, -0.2) is 18.4 Å². The monoisotopic (exact) mass is 608 g/mol. The van der Waals surface area contributed by atoms with E-state index in [2.05, 4.69) is 32.2 Å². The van der Waals surface area contributed by atoms with Gasteiger partial charge in [-0.1, -0.05) is 24.2 Å². The zero-order chi connectivity index (χ0) is 29.5. The van der Waals surface area contributed by atoms with Crippen molar-refractivity contribution in [1.29, 1.82) is 0 Å². The molecule has 13 heteroatoms. The number of anilines is 3. The largest absolute Gasteiger partial charge is 0.490 e. The average Bonchev–Trinajstić information content (AvgIpc) is 2.98. The summed E-state index contributed by atoms with van der Waals surface area (Å²) in [6, 6.07) is 14.4. The first-order valence-electron chi connectivity index (χ1n) is 13.2. The van der Waals surface area contributed by atoms with E-state index in [1.54, 1.807) is 30.5 Å². The van der Waals surface area contributed by atoms with E-state index in [9.17, 15) is 13.2 Å². The summed E-state index contributed by atoms with van der Waals surface area (Å²) >= 11 is 6.49. The van der Waals surface area contributed by atoms with Gasteiger partial charge < -0.3 is 20.1 Å². The van der Waals surface area contributed by atoms with E-state index >= 15 is 0 Å². The Morgan fingerprint density at radius 3 is 2.62 bits per heavy atom. The van der Waals surface area contributed by atoms with Crippen LogP contribution in [0.4, 0.5) is 17.2 Å². The van der Waals surface area contributed by atoms with Gasteiger partial charge in [-0.3, -0.25) is 14.7 Å². The number of nitrogens with zero attached hydrogens (tertiary/aromatic N) is 4. The summed E-state index contributed by atoms with van der Waals surface area (Å²) in [4.78, 5) is 27.3. The van der Waals surface area contributed by atoms with E-state index < -0.39 is 15.7 Å². The molecule has 2 aromatic carbocycles. The van der Waals surface area contributed by atoms with Crippen molar-refractivity contribution in [3.8, 4) is 11.5 Å². The molecule has 1 amide bonds. The van der Waals surface area contributed by atoms with Crippen molar-refractivity contribution >= 4 is 55.4 Å². The van der Waals surface area contributed by atoms with Gasteiger partial charge in [0.1, 0.15) is 36.9 Å². The molecule has 42 heavy (non-hydrogen) atoms. The van der Waals surface area contributed by atoms with Gasteiger partial charge in [0.25, 0.3) is 0 Å². The van der Waals surface area contributed by atoms with E-state index in [-0.39, 0.29) is 18.1 Å². The Hall–Kier alpha value is -4.26. The standard InChI is InChI=1S/C29H29ClN6O5S/c1-2-28(37)35-25-16-22-24(17-27(25)40-12-9-36-10-13-42(38,39)14-11-36)32-19-33-29(22)34-20-6-7-26(23(30)15-20)41-18-21-5-3-4-8-31-21/h2-8,15-17,19H,1,9-14,18H2,(H,35,37)(H,32,33,34). The quantitative estimate of drug-likeness (QED) is 0.238. The molecule has 2 N–H and O–H groups in total. The number of aromatic nitrogens is 3. The van der Waals surface area contributed by atoms with Crippen LogP contribution in [0, 0.1) is 0 Å². The van der Waals surface area contributed by atoms with Gasteiger partial charge in [-0.15, -0.1) is 0 Å². The lowest BCUT2D eigenvalue weighted by Crippen LogP contribution is -2.42. The molecule has 0 saturated carbocycles. The molecule has 0 atom stereocenters. The molecule has 0 spiro atoms. The molecule has 1 aliphatic rings. The normalized spacial score (nSPS) is 14.7. The maximum atomic E-state index is 12.2. The van der Waals surface area contributed by atoms with Gasteiger partial charge in [0.05, 0.1) is 33.4 Å². The van der Waals surface area contributed by atoms with Crippen LogP contribution in [0.3, 0.4) is 0 Å². The fourth-order valence-electron chi connectivity index (χ4n) is 4.31. The second-order valence-corrected chi connectivity index (χ2v) is 12.2. The van der Waals surface area contributed by atoms with Crippen molar-refractivity contribution in [2.24, 2.45) is 0 Å². The number of fused-ring (bicyclic) bond motifs is 1. The highest BCUT2D eigenvalue weighted by Gasteiger charge is 2.21. The third-order valence-electron chi connectivity index (χ3n) is 6.58. The Morgan fingerprint density at radius 2 is 1.88 bits per heavy atom. The van der Waals surface area contributed by atoms with Crippen LogP contribution in [0.1, 0.15) is 5.69 Å². The summed E-state index contributed by atoms with van der Waals surface area (Å²) in [7, 11) is -2.96. The van der Waals surface area contributed by atoms with Gasteiger partial charge >= 0.3 is 0 Å². The van der Waals surface area contributed by atoms with Crippen LogP contribution in [-0.2, 0) is 21.2 Å². The number of hydrogen-bond acceptors (Lipinski definition) is 10. The minimum absolute atomic E-state index is 0.141. The summed E-state index contributed by atoms with van der Waals surface area (Å²) in [6.45, 7) is 5.59. The van der Waals surface area contributed by atoms with E-state index in [1.165, 1.54) is 12.4 Å². The Kier molecular flexibility index (Phi) is 9.15. The number of amides is 1. The fourth-order valence-corrected chi connectivity index (χ4v) is 5.82. The zero-order valence-electron chi connectivity index (χ0n) is 22.6. The highest BCUT2D eigenvalue weighted by molar-refractivity contribution is 7.91. The van der Waals surface area contributed by atoms with Crippen molar-refractivity contribution in [3.63, 3.8) is 0 Å². The Bertz CT molecular complexity index is 1690. The molecule has 0 unspecified atom stereocenters. The second-order valence-electron chi connectivity index (χ2n) is 9.50. The highest BCUT2D eigenvalue weighted by Crippen LogP contribution is 2.35. The Morgan fingerprint density at radius 1 is 1.05 bits per heavy atom. The van der Waals surface area contributed by atoms with Crippen LogP contribution in [0.2, 0.25) is 5.02 Å². The number of pyridine rings is 1. The van der Waals surface area contributed by atoms with Crippen LogP contribution in [0.15, 0.2) is 73.7 Å². The number of rotatable bonds is 11. The number of carbonyl (C=O) groups excluding carboxylic acids is 1. The van der Waals surface area contributed by atoms with E-state index in [4.69, 9.17) is 21.1 Å². The lowest BCUT2D eigenvalue weighted by atomic mass is 10.1. The van der Waals surface area contributed by atoms with Crippen molar-refractivity contribution < 1.29 is 22.7 Å². The van der Waals surface area contributed by atoms with E-state index in [0.717, 1.165) is 5.69 Å². The molecular formula is C29H29ClN6O5S. The first-order valence-corrected chi connectivity index (χ1v) is 15.4. The topological polar surface area (TPSA) is 136 Å². The van der Waals surface area contributed by atoms with Crippen LogP contribution in [-0.4, -0.2) is 71.9 Å². The predicted octanol–water partition coefficient (Wildman–Crippen LogP) is 4.23. The van der Waals surface area contributed by atoms with Crippen LogP contribution < -0.4 is 20.1 Å². The molecule has 1 saturated heterocycles. The molecule has 5 rings (SSSR count). The molecule has 2 aromatic heterocycles. The van der Waals surface area contributed by atoms with E-state index in [0.29, 0.717) is 70.9 Å². The van der Waals surface area contributed by atoms with Crippen molar-refractivity contribution in [3.05, 3.63) is 84.4 Å². The molecule has 0 bridgehead atoms. The van der Waals surface area contributed by atoms with Crippen LogP contribution >= 0.6 is 11.6 Å². The number of ether oxygens (including phenoxy) is 2. The number of nitrogens with one attached hydrogen (secondary N) is 2.